The van der Waals surface area contributed by atoms with Gasteiger partial charge < -0.3 is 28.5 Å². The largest absolute Gasteiger partial charge is 0.416 e. The number of aliphatic hydroxyl groups is 1. The fourth-order valence-corrected chi connectivity index (χ4v) is 10.4. The summed E-state index contributed by atoms with van der Waals surface area (Å²) in [6.07, 6.45) is -5.47. The van der Waals surface area contributed by atoms with Crippen molar-refractivity contribution in [3.05, 3.63) is 184 Å². The Labute approximate surface area is 377 Å². The average Bonchev–Trinajstić information content (AvgIpc) is 3.62. The van der Waals surface area contributed by atoms with Gasteiger partial charge in [-0.2, -0.15) is 0 Å². The molecule has 0 spiro atoms. The van der Waals surface area contributed by atoms with E-state index in [1.165, 1.54) is 3.97 Å². The zero-order valence-corrected chi connectivity index (χ0v) is 38.9. The Kier molecular flexibility index (Phi) is 15.2. The molecular formula is C50H58N4O8SSi. The summed E-state index contributed by atoms with van der Waals surface area (Å²) in [5.41, 5.74) is 13.7. The highest BCUT2D eigenvalue weighted by Crippen LogP contribution is 2.43. The number of hydrogen-bond acceptors (Lipinski definition) is 9. The summed E-state index contributed by atoms with van der Waals surface area (Å²) in [6, 6.07) is 43.7. The Morgan fingerprint density at radius 3 is 1.84 bits per heavy atom. The lowest BCUT2D eigenvalue weighted by molar-refractivity contribution is -0.264. The summed E-state index contributed by atoms with van der Waals surface area (Å²) in [5, 5.41) is 17.6. The molecule has 0 aliphatic carbocycles. The first kappa shape index (κ1) is 46.9. The minimum atomic E-state index is -4.36. The minimum absolute atomic E-state index is 0.0193. The molecule has 0 amide bonds. The third-order valence-electron chi connectivity index (χ3n) is 12.2. The first-order valence-electron chi connectivity index (χ1n) is 21.7. The summed E-state index contributed by atoms with van der Waals surface area (Å²) >= 11 is 0. The third kappa shape index (κ3) is 10.9. The lowest BCUT2D eigenvalue weighted by Crippen LogP contribution is -2.58. The maximum absolute atomic E-state index is 15.2. The molecule has 0 saturated carbocycles. The number of ether oxygens (including phenoxy) is 4. The molecule has 7 rings (SSSR count). The molecule has 0 bridgehead atoms. The van der Waals surface area contributed by atoms with Gasteiger partial charge in [-0.3, -0.25) is 0 Å². The van der Waals surface area contributed by atoms with E-state index >= 15 is 8.42 Å². The number of para-hydroxylation sites is 1. The van der Waals surface area contributed by atoms with E-state index in [0.29, 0.717) is 16.5 Å². The zero-order chi connectivity index (χ0) is 45.3. The van der Waals surface area contributed by atoms with Crippen LogP contribution < -0.4 is 0 Å². The van der Waals surface area contributed by atoms with Crippen LogP contribution in [0.4, 0.5) is 0 Å². The van der Waals surface area contributed by atoms with E-state index in [-0.39, 0.29) is 55.1 Å². The third-order valence-corrected chi connectivity index (χ3v) is 18.5. The maximum Gasteiger partial charge on any atom is 0.268 e. The normalized spacial score (nSPS) is 19.9. The molecule has 0 radical (unpaired) electrons. The molecule has 6 atom stereocenters. The van der Waals surface area contributed by atoms with E-state index in [0.717, 1.165) is 16.7 Å². The molecule has 0 unspecified atom stereocenters. The summed E-state index contributed by atoms with van der Waals surface area (Å²) in [6.45, 7) is 11.4. The smallest absolute Gasteiger partial charge is 0.268 e. The van der Waals surface area contributed by atoms with Crippen LogP contribution in [-0.2, 0) is 59.6 Å². The van der Waals surface area contributed by atoms with Crippen molar-refractivity contribution in [3.63, 3.8) is 0 Å². The predicted molar refractivity (Wildman–Crippen MR) is 251 cm³/mol. The average molecular weight is 903 g/mol. The van der Waals surface area contributed by atoms with Gasteiger partial charge >= 0.3 is 0 Å². The van der Waals surface area contributed by atoms with Crippen molar-refractivity contribution in [2.75, 3.05) is 13.2 Å². The van der Waals surface area contributed by atoms with Gasteiger partial charge in [0, 0.05) is 16.9 Å². The Hall–Kier alpha value is -5.12. The highest BCUT2D eigenvalue weighted by atomic mass is 32.2. The van der Waals surface area contributed by atoms with Crippen LogP contribution in [0.5, 0.6) is 0 Å². The van der Waals surface area contributed by atoms with Crippen LogP contribution >= 0.6 is 0 Å². The molecule has 6 aromatic rings. The number of hydrogen-bond donors (Lipinski definition) is 1. The Morgan fingerprint density at radius 2 is 1.28 bits per heavy atom. The molecule has 1 N–H and O–H groups in total. The first-order valence-corrected chi connectivity index (χ1v) is 26.0. The molecule has 1 aliphatic heterocycles. The van der Waals surface area contributed by atoms with Gasteiger partial charge in [-0.25, -0.2) is 12.4 Å². The number of aliphatic hydroxyl groups excluding tert-OH is 1. The topological polar surface area (TPSA) is 154 Å². The van der Waals surface area contributed by atoms with Crippen LogP contribution in [0.15, 0.2) is 156 Å². The van der Waals surface area contributed by atoms with E-state index in [4.69, 9.17) is 23.4 Å². The van der Waals surface area contributed by atoms with Crippen LogP contribution in [0.25, 0.3) is 21.3 Å². The van der Waals surface area contributed by atoms with Gasteiger partial charge in [0.1, 0.15) is 30.5 Å². The minimum Gasteiger partial charge on any atom is -0.416 e. The lowest BCUT2D eigenvalue weighted by atomic mass is 9.90. The van der Waals surface area contributed by atoms with Crippen molar-refractivity contribution in [2.45, 2.75) is 107 Å². The van der Waals surface area contributed by atoms with Crippen molar-refractivity contribution in [3.8, 4) is 0 Å². The van der Waals surface area contributed by atoms with Gasteiger partial charge in [0.15, 0.2) is 8.32 Å². The van der Waals surface area contributed by atoms with Crippen LogP contribution in [0.1, 0.15) is 54.8 Å². The molecule has 14 heteroatoms. The summed E-state index contributed by atoms with van der Waals surface area (Å²) in [7, 11) is -6.68. The van der Waals surface area contributed by atoms with Crippen LogP contribution in [-0.4, -0.2) is 69.5 Å². The number of rotatable bonds is 19. The lowest BCUT2D eigenvalue weighted by Gasteiger charge is -2.45. The second kappa shape index (κ2) is 20.8. The van der Waals surface area contributed by atoms with Crippen molar-refractivity contribution in [1.29, 1.82) is 0 Å². The van der Waals surface area contributed by atoms with E-state index in [1.54, 1.807) is 42.5 Å². The standard InChI is InChI=1S/C50H58N4O8SSi/c1-50(2,3)64(4,5)61-34-39(52-53-51)30-42-41-28-18-19-29-43(41)54(63(56,57)40-26-16-9-17-27-40)45(42)48-46(55)49(60-33-38-24-14-8-15-25-38)47(59-32-37-22-12-7-13-23-37)44(62-48)35-58-31-36-20-10-6-11-21-36/h6-29,39,44,46-49,55H,30-35H2,1-5H3/t39-,44+,46+,47+,48+,49+/m0/s1. The Morgan fingerprint density at radius 1 is 0.766 bits per heavy atom. The molecule has 2 heterocycles. The SMILES string of the molecule is CC(C)(C)[Si](C)(C)OC[C@H](Cc1c([C@H]2O[C@H](COCc3ccccc3)[C@@H](OCc3ccccc3)[C@H](OCc3ccccc3)[C@@H]2O)n(S(=O)(=O)c2ccccc2)c2ccccc12)N=[N+]=[N-]. The van der Waals surface area contributed by atoms with E-state index < -0.39 is 54.9 Å². The van der Waals surface area contributed by atoms with Gasteiger partial charge in [-0.15, -0.1) is 0 Å². The van der Waals surface area contributed by atoms with E-state index in [1.807, 2.05) is 103 Å². The van der Waals surface area contributed by atoms with Gasteiger partial charge in [-0.1, -0.05) is 153 Å². The molecule has 12 nitrogen and oxygen atoms in total. The molecule has 1 fully saturated rings. The summed E-state index contributed by atoms with van der Waals surface area (Å²) in [5.74, 6) is 0. The van der Waals surface area contributed by atoms with Crippen LogP contribution in [0.3, 0.4) is 0 Å². The quantitative estimate of drug-likeness (QED) is 0.0365. The predicted octanol–water partition coefficient (Wildman–Crippen LogP) is 10.3. The number of fused-ring (bicyclic) bond motifs is 1. The zero-order valence-electron chi connectivity index (χ0n) is 37.1. The highest BCUT2D eigenvalue weighted by Gasteiger charge is 2.50. The second-order valence-electron chi connectivity index (χ2n) is 17.7. The van der Waals surface area contributed by atoms with Crippen LogP contribution in [0, 0.1) is 0 Å². The monoisotopic (exact) mass is 902 g/mol. The maximum atomic E-state index is 15.2. The molecule has 64 heavy (non-hydrogen) atoms. The van der Waals surface area contributed by atoms with E-state index in [2.05, 4.69) is 43.9 Å². The van der Waals surface area contributed by atoms with Crippen LogP contribution in [0.2, 0.25) is 18.1 Å². The molecule has 5 aromatic carbocycles. The van der Waals surface area contributed by atoms with Gasteiger partial charge in [0.05, 0.1) is 48.6 Å². The summed E-state index contributed by atoms with van der Waals surface area (Å²) in [4.78, 5) is 3.28. The Bertz CT molecular complexity index is 2590. The van der Waals surface area contributed by atoms with Crippen molar-refractivity contribution in [2.24, 2.45) is 5.11 Å². The highest BCUT2D eigenvalue weighted by molar-refractivity contribution is 7.90. The second-order valence-corrected chi connectivity index (χ2v) is 24.3. The van der Waals surface area contributed by atoms with Gasteiger partial charge in [-0.05, 0) is 70.5 Å². The fourth-order valence-electron chi connectivity index (χ4n) is 7.80. The van der Waals surface area contributed by atoms with Crippen molar-refractivity contribution < 1.29 is 36.9 Å². The summed E-state index contributed by atoms with van der Waals surface area (Å²) < 4.78 is 65.1. The van der Waals surface area contributed by atoms with Crippen molar-refractivity contribution in [1.82, 2.24) is 3.97 Å². The molecule has 1 saturated heterocycles. The number of azide groups is 1. The fraction of sp³-hybridized carbons (Fsp3) is 0.360. The molecule has 336 valence electrons. The van der Waals surface area contributed by atoms with Gasteiger partial charge in [0.25, 0.3) is 10.0 Å². The van der Waals surface area contributed by atoms with Crippen molar-refractivity contribution >= 4 is 29.2 Å². The number of benzene rings is 5. The molecular weight excluding hydrogens is 845 g/mol. The molecule has 1 aromatic heterocycles. The Balaban J connectivity index is 1.39. The number of nitrogens with zero attached hydrogens (tertiary/aromatic N) is 4. The number of aromatic nitrogens is 1. The van der Waals surface area contributed by atoms with E-state index in [9.17, 15) is 10.6 Å². The van der Waals surface area contributed by atoms with Gasteiger partial charge in [0.2, 0.25) is 0 Å². The molecule has 1 aliphatic rings. The first-order chi connectivity index (χ1) is 30.8.